The molecule has 2 fully saturated rings. The van der Waals surface area contributed by atoms with Gasteiger partial charge < -0.3 is 30.5 Å². The van der Waals surface area contributed by atoms with Crippen LogP contribution in [-0.4, -0.2) is 73.5 Å². The quantitative estimate of drug-likeness (QED) is 0.335. The molecule has 3 aliphatic rings. The molecule has 2 aromatic carbocycles. The minimum Gasteiger partial charge on any atom is -0.394 e. The Morgan fingerprint density at radius 2 is 1.90 bits per heavy atom. The maximum atomic E-state index is 13.9. The number of fused-ring (bicyclic) bond motifs is 1. The summed E-state index contributed by atoms with van der Waals surface area (Å²) in [7, 11) is 0. The molecule has 1 aromatic heterocycles. The predicted octanol–water partition coefficient (Wildman–Crippen LogP) is 1.51. The van der Waals surface area contributed by atoms with E-state index >= 15 is 0 Å². The van der Waals surface area contributed by atoms with E-state index in [2.05, 4.69) is 10.3 Å². The van der Waals surface area contributed by atoms with Gasteiger partial charge in [0.25, 0.3) is 0 Å². The van der Waals surface area contributed by atoms with Crippen molar-refractivity contribution in [3.8, 4) is 11.3 Å². The van der Waals surface area contributed by atoms with Crippen LogP contribution < -0.4 is 5.73 Å². The molecule has 3 aromatic rings. The van der Waals surface area contributed by atoms with Crippen molar-refractivity contribution in [3.05, 3.63) is 71.2 Å². The average molecular weight is 575 g/mol. The lowest BCUT2D eigenvalue weighted by Crippen LogP contribution is -2.69. The molecule has 7 atom stereocenters. The molecule has 6 rings (SSSR count). The molecule has 2 saturated heterocycles. The Bertz CT molecular complexity index is 1470. The van der Waals surface area contributed by atoms with E-state index in [9.17, 15) is 33.3 Å². The van der Waals surface area contributed by atoms with Crippen LogP contribution in [0.2, 0.25) is 0 Å². The van der Waals surface area contributed by atoms with E-state index < -0.39 is 71.4 Å². The van der Waals surface area contributed by atoms with E-state index in [0.717, 1.165) is 34.4 Å². The van der Waals surface area contributed by atoms with Crippen molar-refractivity contribution < 1.29 is 42.8 Å². The van der Waals surface area contributed by atoms with Crippen LogP contribution in [0.4, 0.5) is 13.2 Å². The Balaban J connectivity index is 1.44. The van der Waals surface area contributed by atoms with Gasteiger partial charge in [0.1, 0.15) is 30.0 Å². The SMILES string of the molecule is NC(=O)C1([C@H]2CCO[C@]23O[C@H](CO)[C@H](O)[C@H](n2cc(-c4cc(F)c(F)c(F)c4)nn2)[C@H]3O)CCCc2ccccc21. The zero-order chi connectivity index (χ0) is 29.1. The number of carbonyl (C=O) groups is 1. The Morgan fingerprint density at radius 1 is 1.17 bits per heavy atom. The molecule has 41 heavy (non-hydrogen) atoms. The molecular weight excluding hydrogens is 545 g/mol. The molecule has 10 nitrogen and oxygen atoms in total. The summed E-state index contributed by atoms with van der Waals surface area (Å²) in [6, 6.07) is 7.60. The van der Waals surface area contributed by atoms with Gasteiger partial charge in [0.05, 0.1) is 24.8 Å². The molecule has 1 spiro atoms. The highest BCUT2D eigenvalue weighted by Crippen LogP contribution is 2.56. The monoisotopic (exact) mass is 574 g/mol. The summed E-state index contributed by atoms with van der Waals surface area (Å²) >= 11 is 0. The van der Waals surface area contributed by atoms with Crippen molar-refractivity contribution in [2.75, 3.05) is 13.2 Å². The number of hydrogen-bond donors (Lipinski definition) is 4. The maximum absolute atomic E-state index is 13.9. The van der Waals surface area contributed by atoms with Gasteiger partial charge >= 0.3 is 0 Å². The van der Waals surface area contributed by atoms with E-state index in [1.807, 2.05) is 24.3 Å². The summed E-state index contributed by atoms with van der Waals surface area (Å²) in [5, 5.41) is 41.1. The standard InChI is InChI=1S/C28H29F3N4O6/c29-17-10-15(11-18(30)22(17)31)19-12-35(34-33-19)23-24(37)20(13-36)41-28(25(23)38)21(7-9-40-28)27(26(32)39)8-3-5-14-4-1-2-6-16(14)27/h1-2,4,6,10-12,20-21,23-25,36-38H,3,5,7-9,13H2,(H2,32,39)/t20-,21-,23+,24+,25-,27?,28+/m1/s1. The Morgan fingerprint density at radius 3 is 2.61 bits per heavy atom. The fourth-order valence-corrected chi connectivity index (χ4v) is 7.02. The predicted molar refractivity (Wildman–Crippen MR) is 135 cm³/mol. The third-order valence-electron chi connectivity index (χ3n) is 8.85. The lowest BCUT2D eigenvalue weighted by molar-refractivity contribution is -0.358. The normalized spacial score (nSPS) is 33.2. The van der Waals surface area contributed by atoms with Crippen molar-refractivity contribution in [3.63, 3.8) is 0 Å². The first kappa shape index (κ1) is 27.8. The van der Waals surface area contributed by atoms with Crippen LogP contribution in [0.25, 0.3) is 11.3 Å². The Kier molecular flexibility index (Phi) is 6.90. The summed E-state index contributed by atoms with van der Waals surface area (Å²) in [6.45, 7) is -0.574. The van der Waals surface area contributed by atoms with Gasteiger partial charge in [-0.2, -0.15) is 0 Å². The fraction of sp³-hybridized carbons (Fsp3) is 0.464. The topological polar surface area (TPSA) is 153 Å². The molecule has 0 bridgehead atoms. The second kappa shape index (κ2) is 10.2. The molecule has 1 aliphatic carbocycles. The van der Waals surface area contributed by atoms with Gasteiger partial charge in [-0.15, -0.1) is 5.10 Å². The van der Waals surface area contributed by atoms with Crippen molar-refractivity contribution in [2.45, 2.75) is 61.2 Å². The zero-order valence-corrected chi connectivity index (χ0v) is 21.8. The van der Waals surface area contributed by atoms with Crippen LogP contribution in [0, 0.1) is 23.4 Å². The van der Waals surface area contributed by atoms with E-state index in [4.69, 9.17) is 15.2 Å². The molecule has 2 aliphatic heterocycles. The number of halogens is 3. The van der Waals surface area contributed by atoms with Gasteiger partial charge in [-0.1, -0.05) is 29.5 Å². The number of rotatable bonds is 5. The van der Waals surface area contributed by atoms with Gasteiger partial charge in [0.2, 0.25) is 11.7 Å². The third kappa shape index (κ3) is 4.09. The highest BCUT2D eigenvalue weighted by atomic mass is 19.2. The van der Waals surface area contributed by atoms with Crippen LogP contribution in [-0.2, 0) is 26.1 Å². The zero-order valence-electron chi connectivity index (χ0n) is 21.8. The first-order valence-electron chi connectivity index (χ1n) is 13.4. The van der Waals surface area contributed by atoms with Crippen LogP contribution in [0.1, 0.15) is 36.4 Å². The maximum Gasteiger partial charge on any atom is 0.228 e. The van der Waals surface area contributed by atoms with Crippen LogP contribution in [0.15, 0.2) is 42.6 Å². The minimum atomic E-state index is -1.89. The number of nitrogens with zero attached hydrogens (tertiary/aromatic N) is 3. The summed E-state index contributed by atoms with van der Waals surface area (Å²) in [4.78, 5) is 13.4. The first-order valence-corrected chi connectivity index (χ1v) is 13.4. The molecule has 0 radical (unpaired) electrons. The molecule has 13 heteroatoms. The smallest absolute Gasteiger partial charge is 0.228 e. The number of benzene rings is 2. The Labute approximate surface area is 232 Å². The number of ether oxygens (including phenoxy) is 2. The van der Waals surface area contributed by atoms with E-state index in [1.54, 1.807) is 0 Å². The van der Waals surface area contributed by atoms with Crippen molar-refractivity contribution in [2.24, 2.45) is 11.7 Å². The number of aliphatic hydroxyl groups is 3. The number of amides is 1. The lowest BCUT2D eigenvalue weighted by Gasteiger charge is -2.54. The van der Waals surface area contributed by atoms with E-state index in [1.165, 1.54) is 6.20 Å². The number of carbonyl (C=O) groups excluding carboxylic acids is 1. The van der Waals surface area contributed by atoms with Crippen LogP contribution in [0.5, 0.6) is 0 Å². The minimum absolute atomic E-state index is 0.0676. The fourth-order valence-electron chi connectivity index (χ4n) is 7.02. The van der Waals surface area contributed by atoms with Gasteiger partial charge in [-0.25, -0.2) is 17.9 Å². The average Bonchev–Trinajstić information content (AvgIpc) is 3.62. The van der Waals surface area contributed by atoms with Crippen LogP contribution >= 0.6 is 0 Å². The van der Waals surface area contributed by atoms with E-state index in [0.29, 0.717) is 12.8 Å². The van der Waals surface area contributed by atoms with Crippen molar-refractivity contribution in [1.82, 2.24) is 15.0 Å². The number of aliphatic hydroxyl groups excluding tert-OH is 3. The van der Waals surface area contributed by atoms with Gasteiger partial charge in [-0.05, 0) is 48.9 Å². The number of primary amides is 1. The molecule has 5 N–H and O–H groups in total. The number of hydrogen-bond acceptors (Lipinski definition) is 8. The van der Waals surface area contributed by atoms with Gasteiger partial charge in [0, 0.05) is 11.5 Å². The third-order valence-corrected chi connectivity index (χ3v) is 8.85. The molecule has 1 unspecified atom stereocenters. The summed E-state index contributed by atoms with van der Waals surface area (Å²) in [6.07, 6.45) is -1.21. The summed E-state index contributed by atoms with van der Waals surface area (Å²) in [5.74, 6) is -7.80. The molecule has 3 heterocycles. The largest absolute Gasteiger partial charge is 0.394 e. The first-order chi connectivity index (χ1) is 19.6. The highest BCUT2D eigenvalue weighted by molar-refractivity contribution is 5.88. The molecule has 1 amide bonds. The lowest BCUT2D eigenvalue weighted by atomic mass is 9.58. The van der Waals surface area contributed by atoms with Crippen LogP contribution in [0.3, 0.4) is 0 Å². The molecule has 0 saturated carbocycles. The van der Waals surface area contributed by atoms with E-state index in [-0.39, 0.29) is 24.3 Å². The highest BCUT2D eigenvalue weighted by Gasteiger charge is 2.68. The second-order valence-corrected chi connectivity index (χ2v) is 10.9. The number of aryl methyl sites for hydroxylation is 1. The Hall–Kier alpha value is -3.36. The number of aromatic nitrogens is 3. The van der Waals surface area contributed by atoms with Gasteiger partial charge in [-0.3, -0.25) is 4.79 Å². The van der Waals surface area contributed by atoms with Gasteiger partial charge in [0.15, 0.2) is 17.5 Å². The van der Waals surface area contributed by atoms with Crippen molar-refractivity contribution in [1.29, 1.82) is 0 Å². The van der Waals surface area contributed by atoms with Crippen molar-refractivity contribution >= 4 is 5.91 Å². The summed E-state index contributed by atoms with van der Waals surface area (Å²) < 4.78 is 54.6. The molecule has 218 valence electrons. The second-order valence-electron chi connectivity index (χ2n) is 10.9. The molecular formula is C28H29F3N4O6. The number of nitrogens with two attached hydrogens (primary N) is 1. The summed E-state index contributed by atoms with van der Waals surface area (Å²) in [5.41, 5.74) is 6.32.